The highest BCUT2D eigenvalue weighted by Crippen LogP contribution is 2.22. The number of nitrogen functional groups attached to an aromatic ring is 1. The van der Waals surface area contributed by atoms with Gasteiger partial charge in [-0.2, -0.15) is 0 Å². The molecule has 1 aromatic rings. The van der Waals surface area contributed by atoms with Crippen LogP contribution in [0.1, 0.15) is 32.3 Å². The van der Waals surface area contributed by atoms with Crippen LogP contribution >= 0.6 is 0 Å². The normalized spacial score (nSPS) is 12.4. The molecule has 1 aromatic carbocycles. The molecule has 3 heteroatoms. The minimum atomic E-state index is 0.481. The van der Waals surface area contributed by atoms with Crippen LogP contribution in [0.3, 0.4) is 0 Å². The van der Waals surface area contributed by atoms with Gasteiger partial charge in [0, 0.05) is 6.04 Å². The van der Waals surface area contributed by atoms with Gasteiger partial charge in [-0.1, -0.05) is 19.4 Å². The third-order valence-electron chi connectivity index (χ3n) is 2.86. The Bertz CT molecular complexity index is 339. The van der Waals surface area contributed by atoms with Gasteiger partial charge in [-0.3, -0.25) is 0 Å². The van der Waals surface area contributed by atoms with Gasteiger partial charge < -0.3 is 15.8 Å². The maximum absolute atomic E-state index is 5.88. The average Bonchev–Trinajstić information content (AvgIpc) is 2.29. The van der Waals surface area contributed by atoms with Crippen LogP contribution in [0.15, 0.2) is 18.2 Å². The van der Waals surface area contributed by atoms with Crippen molar-refractivity contribution in [2.24, 2.45) is 0 Å². The lowest BCUT2D eigenvalue weighted by Crippen LogP contribution is -2.28. The first-order chi connectivity index (χ1) is 8.17. The van der Waals surface area contributed by atoms with E-state index in [2.05, 4.69) is 25.2 Å². The third-order valence-corrected chi connectivity index (χ3v) is 2.86. The van der Waals surface area contributed by atoms with E-state index in [0.717, 1.165) is 18.7 Å². The monoisotopic (exact) mass is 236 g/mol. The first-order valence-corrected chi connectivity index (χ1v) is 6.33. The fourth-order valence-electron chi connectivity index (χ4n) is 1.86. The zero-order valence-electron chi connectivity index (χ0n) is 11.1. The number of rotatable bonds is 7. The first kappa shape index (κ1) is 13.8. The van der Waals surface area contributed by atoms with Crippen molar-refractivity contribution < 1.29 is 4.74 Å². The van der Waals surface area contributed by atoms with Crippen molar-refractivity contribution in [2.45, 2.75) is 39.2 Å². The summed E-state index contributed by atoms with van der Waals surface area (Å²) < 4.78 is 5.14. The Morgan fingerprint density at radius 3 is 2.76 bits per heavy atom. The number of anilines is 1. The van der Waals surface area contributed by atoms with Crippen molar-refractivity contribution in [1.82, 2.24) is 5.32 Å². The van der Waals surface area contributed by atoms with Crippen molar-refractivity contribution >= 4 is 5.69 Å². The summed E-state index contributed by atoms with van der Waals surface area (Å²) in [6.07, 6.45) is 3.46. The summed E-state index contributed by atoms with van der Waals surface area (Å²) in [5, 5.41) is 3.51. The molecule has 0 aromatic heterocycles. The fourth-order valence-corrected chi connectivity index (χ4v) is 1.86. The van der Waals surface area contributed by atoms with Crippen molar-refractivity contribution in [2.75, 3.05) is 19.4 Å². The molecule has 17 heavy (non-hydrogen) atoms. The van der Waals surface area contributed by atoms with E-state index in [1.54, 1.807) is 7.11 Å². The number of methoxy groups -OCH3 is 1. The Balaban J connectivity index is 2.48. The average molecular weight is 236 g/mol. The van der Waals surface area contributed by atoms with Crippen molar-refractivity contribution in [3.8, 4) is 5.75 Å². The van der Waals surface area contributed by atoms with Gasteiger partial charge in [-0.05, 0) is 44.0 Å². The summed E-state index contributed by atoms with van der Waals surface area (Å²) in [4.78, 5) is 0. The SMILES string of the molecule is CCCCNC(C)Cc1ccc(OC)c(N)c1. The van der Waals surface area contributed by atoms with E-state index in [-0.39, 0.29) is 0 Å². The summed E-state index contributed by atoms with van der Waals surface area (Å²) in [5.74, 6) is 0.750. The second-order valence-electron chi connectivity index (χ2n) is 4.49. The highest BCUT2D eigenvalue weighted by atomic mass is 16.5. The number of hydrogen-bond donors (Lipinski definition) is 2. The molecule has 0 bridgehead atoms. The quantitative estimate of drug-likeness (QED) is 0.565. The molecule has 1 rings (SSSR count). The van der Waals surface area contributed by atoms with Crippen LogP contribution < -0.4 is 15.8 Å². The molecular formula is C14H24N2O. The molecule has 1 unspecified atom stereocenters. The smallest absolute Gasteiger partial charge is 0.141 e. The van der Waals surface area contributed by atoms with Crippen LogP contribution in [0, 0.1) is 0 Å². The van der Waals surface area contributed by atoms with E-state index in [1.165, 1.54) is 18.4 Å². The highest BCUT2D eigenvalue weighted by molar-refractivity contribution is 5.54. The third kappa shape index (κ3) is 4.65. The van der Waals surface area contributed by atoms with E-state index in [4.69, 9.17) is 10.5 Å². The van der Waals surface area contributed by atoms with Gasteiger partial charge in [0.1, 0.15) is 5.75 Å². The molecule has 3 nitrogen and oxygen atoms in total. The molecule has 0 aliphatic heterocycles. The Hall–Kier alpha value is -1.22. The molecule has 0 radical (unpaired) electrons. The van der Waals surface area contributed by atoms with Gasteiger partial charge in [0.25, 0.3) is 0 Å². The van der Waals surface area contributed by atoms with Gasteiger partial charge in [0.05, 0.1) is 12.8 Å². The lowest BCUT2D eigenvalue weighted by Gasteiger charge is -2.14. The van der Waals surface area contributed by atoms with E-state index >= 15 is 0 Å². The Morgan fingerprint density at radius 2 is 2.18 bits per heavy atom. The number of nitrogens with two attached hydrogens (primary N) is 1. The summed E-state index contributed by atoms with van der Waals surface area (Å²) in [6.45, 7) is 5.50. The molecular weight excluding hydrogens is 212 g/mol. The summed E-state index contributed by atoms with van der Waals surface area (Å²) >= 11 is 0. The van der Waals surface area contributed by atoms with Crippen molar-refractivity contribution in [3.63, 3.8) is 0 Å². The van der Waals surface area contributed by atoms with E-state index in [1.807, 2.05) is 12.1 Å². The predicted octanol–water partition coefficient (Wildman–Crippen LogP) is 2.60. The topological polar surface area (TPSA) is 47.3 Å². The van der Waals surface area contributed by atoms with Crippen LogP contribution in [0.5, 0.6) is 5.75 Å². The minimum absolute atomic E-state index is 0.481. The van der Waals surface area contributed by atoms with Crippen LogP contribution in [0.4, 0.5) is 5.69 Å². The summed E-state index contributed by atoms with van der Waals surface area (Å²) in [7, 11) is 1.64. The number of unbranched alkanes of at least 4 members (excludes halogenated alkanes) is 1. The van der Waals surface area contributed by atoms with Crippen molar-refractivity contribution in [1.29, 1.82) is 0 Å². The first-order valence-electron chi connectivity index (χ1n) is 6.33. The van der Waals surface area contributed by atoms with Gasteiger partial charge in [-0.25, -0.2) is 0 Å². The molecule has 3 N–H and O–H groups in total. The minimum Gasteiger partial charge on any atom is -0.495 e. The van der Waals surface area contributed by atoms with Crippen LogP contribution in [-0.2, 0) is 6.42 Å². The van der Waals surface area contributed by atoms with Gasteiger partial charge >= 0.3 is 0 Å². The molecule has 0 spiro atoms. The van der Waals surface area contributed by atoms with Gasteiger partial charge in [0.2, 0.25) is 0 Å². The van der Waals surface area contributed by atoms with Crippen molar-refractivity contribution in [3.05, 3.63) is 23.8 Å². The summed E-state index contributed by atoms with van der Waals surface area (Å²) in [5.41, 5.74) is 7.85. The second kappa shape index (κ2) is 7.17. The lowest BCUT2D eigenvalue weighted by atomic mass is 10.1. The highest BCUT2D eigenvalue weighted by Gasteiger charge is 2.05. The van der Waals surface area contributed by atoms with Crippen LogP contribution in [-0.4, -0.2) is 19.7 Å². The Labute approximate surface area is 104 Å². The number of nitrogens with one attached hydrogen (secondary N) is 1. The molecule has 0 heterocycles. The molecule has 0 saturated heterocycles. The molecule has 0 saturated carbocycles. The maximum atomic E-state index is 5.88. The van der Waals surface area contributed by atoms with Crippen LogP contribution in [0.2, 0.25) is 0 Å². The zero-order valence-corrected chi connectivity index (χ0v) is 11.1. The number of hydrogen-bond acceptors (Lipinski definition) is 3. The van der Waals surface area contributed by atoms with Gasteiger partial charge in [0.15, 0.2) is 0 Å². The maximum Gasteiger partial charge on any atom is 0.141 e. The zero-order chi connectivity index (χ0) is 12.7. The molecule has 0 aliphatic carbocycles. The molecule has 96 valence electrons. The summed E-state index contributed by atoms with van der Waals surface area (Å²) in [6, 6.07) is 6.49. The molecule has 1 atom stereocenters. The Morgan fingerprint density at radius 1 is 1.41 bits per heavy atom. The Kier molecular flexibility index (Phi) is 5.84. The fraction of sp³-hybridized carbons (Fsp3) is 0.571. The largest absolute Gasteiger partial charge is 0.495 e. The second-order valence-corrected chi connectivity index (χ2v) is 4.49. The number of benzene rings is 1. The predicted molar refractivity (Wildman–Crippen MR) is 73.5 cm³/mol. The lowest BCUT2D eigenvalue weighted by molar-refractivity contribution is 0.416. The molecule has 0 fully saturated rings. The standard InChI is InChI=1S/C14H24N2O/c1-4-5-8-16-11(2)9-12-6-7-14(17-3)13(15)10-12/h6-7,10-11,16H,4-5,8-9,15H2,1-3H3. The number of ether oxygens (including phenoxy) is 1. The van der Waals surface area contributed by atoms with E-state index in [9.17, 15) is 0 Å². The molecule has 0 amide bonds. The van der Waals surface area contributed by atoms with Gasteiger partial charge in [-0.15, -0.1) is 0 Å². The van der Waals surface area contributed by atoms with Crippen LogP contribution in [0.25, 0.3) is 0 Å². The molecule has 0 aliphatic rings. The van der Waals surface area contributed by atoms with E-state index < -0.39 is 0 Å². The van der Waals surface area contributed by atoms with E-state index in [0.29, 0.717) is 11.7 Å².